The molecule has 2 nitrogen and oxygen atoms in total. The van der Waals surface area contributed by atoms with Gasteiger partial charge in [-0.2, -0.15) is 0 Å². The highest BCUT2D eigenvalue weighted by atomic mass is 14.6. The number of rotatable bonds is 0. The number of hydrogen-bond donors (Lipinski definition) is 0. The summed E-state index contributed by atoms with van der Waals surface area (Å²) in [6.45, 7) is 0. The first kappa shape index (κ1) is 6.78. The first-order valence-corrected chi connectivity index (χ1v) is 4.31. The molecule has 0 unspecified atom stereocenters. The van der Waals surface area contributed by atoms with E-state index in [0.717, 1.165) is 6.42 Å². The first-order chi connectivity index (χ1) is 6.45. The molecular weight excluding hydrogens is 160 g/mol. The van der Waals surface area contributed by atoms with Crippen LogP contribution in [0, 0.1) is 0 Å². The van der Waals surface area contributed by atoms with Crippen LogP contribution >= 0.6 is 0 Å². The van der Waals surface area contributed by atoms with E-state index in [4.69, 9.17) is 0 Å². The molecule has 0 aromatic carbocycles. The van der Waals surface area contributed by atoms with Crippen molar-refractivity contribution in [2.24, 2.45) is 0 Å². The Bertz CT molecular complexity index is 420. The van der Waals surface area contributed by atoms with Crippen molar-refractivity contribution in [1.29, 1.82) is 0 Å². The standard InChI is InChI=1S/C11H8N2/c1-3-12-6-10-8(1)5-9-2-4-13-7-11(9)10/h1-4,6-7H,5H2. The van der Waals surface area contributed by atoms with Crippen molar-refractivity contribution in [3.8, 4) is 11.1 Å². The van der Waals surface area contributed by atoms with Gasteiger partial charge in [0.1, 0.15) is 0 Å². The summed E-state index contributed by atoms with van der Waals surface area (Å²) in [7, 11) is 0. The van der Waals surface area contributed by atoms with Crippen LogP contribution in [0.5, 0.6) is 0 Å². The molecule has 0 aliphatic heterocycles. The Morgan fingerprint density at radius 3 is 1.92 bits per heavy atom. The molecule has 2 aromatic rings. The molecule has 0 fully saturated rings. The van der Waals surface area contributed by atoms with Crippen molar-refractivity contribution in [2.75, 3.05) is 0 Å². The lowest BCUT2D eigenvalue weighted by molar-refractivity contribution is 1.21. The summed E-state index contributed by atoms with van der Waals surface area (Å²) in [4.78, 5) is 8.25. The third-order valence-corrected chi connectivity index (χ3v) is 2.49. The SMILES string of the molecule is c1cc2c(cn1)-c1cnccc1C2. The predicted octanol–water partition coefficient (Wildman–Crippen LogP) is 2.05. The Morgan fingerprint density at radius 1 is 0.846 bits per heavy atom. The van der Waals surface area contributed by atoms with Crippen molar-refractivity contribution in [1.82, 2.24) is 9.97 Å². The highest BCUT2D eigenvalue weighted by Crippen LogP contribution is 2.34. The van der Waals surface area contributed by atoms with Gasteiger partial charge in [-0.05, 0) is 29.7 Å². The topological polar surface area (TPSA) is 25.8 Å². The van der Waals surface area contributed by atoms with Crippen LogP contribution in [-0.2, 0) is 6.42 Å². The van der Waals surface area contributed by atoms with E-state index in [1.54, 1.807) is 0 Å². The average Bonchev–Trinajstić information content (AvgIpc) is 2.56. The van der Waals surface area contributed by atoms with Gasteiger partial charge in [0.2, 0.25) is 0 Å². The lowest BCUT2D eigenvalue weighted by Gasteiger charge is -1.96. The largest absolute Gasteiger partial charge is 0.264 e. The van der Waals surface area contributed by atoms with Crippen LogP contribution in [0.1, 0.15) is 11.1 Å². The molecule has 2 heterocycles. The molecule has 13 heavy (non-hydrogen) atoms. The molecule has 0 amide bonds. The zero-order chi connectivity index (χ0) is 8.67. The van der Waals surface area contributed by atoms with Gasteiger partial charge in [0.05, 0.1) is 0 Å². The highest BCUT2D eigenvalue weighted by Gasteiger charge is 2.17. The number of hydrogen-bond acceptors (Lipinski definition) is 2. The number of nitrogens with zero attached hydrogens (tertiary/aromatic N) is 2. The van der Waals surface area contributed by atoms with Gasteiger partial charge in [-0.1, -0.05) is 0 Å². The molecule has 62 valence electrons. The van der Waals surface area contributed by atoms with Crippen LogP contribution in [0.3, 0.4) is 0 Å². The maximum Gasteiger partial charge on any atom is 0.0349 e. The number of pyridine rings is 2. The maximum absolute atomic E-state index is 4.13. The molecular formula is C11H8N2. The molecule has 2 aromatic heterocycles. The Hall–Kier alpha value is -1.70. The molecule has 0 saturated heterocycles. The summed E-state index contributed by atoms with van der Waals surface area (Å²) >= 11 is 0. The van der Waals surface area contributed by atoms with E-state index in [2.05, 4.69) is 22.1 Å². The van der Waals surface area contributed by atoms with Gasteiger partial charge in [-0.15, -0.1) is 0 Å². The Labute approximate surface area is 76.3 Å². The van der Waals surface area contributed by atoms with Crippen LogP contribution in [0.2, 0.25) is 0 Å². The quantitative estimate of drug-likeness (QED) is 0.513. The zero-order valence-corrected chi connectivity index (χ0v) is 7.07. The fourth-order valence-electron chi connectivity index (χ4n) is 1.85. The molecule has 0 bridgehead atoms. The second-order valence-electron chi connectivity index (χ2n) is 3.24. The minimum Gasteiger partial charge on any atom is -0.264 e. The Kier molecular flexibility index (Phi) is 1.25. The van der Waals surface area contributed by atoms with Crippen molar-refractivity contribution in [3.05, 3.63) is 48.0 Å². The third kappa shape index (κ3) is 0.886. The van der Waals surface area contributed by atoms with E-state index in [9.17, 15) is 0 Å². The third-order valence-electron chi connectivity index (χ3n) is 2.49. The van der Waals surface area contributed by atoms with E-state index in [0.29, 0.717) is 0 Å². The lowest BCUT2D eigenvalue weighted by atomic mass is 10.1. The van der Waals surface area contributed by atoms with E-state index in [1.807, 2.05) is 24.8 Å². The van der Waals surface area contributed by atoms with Crippen LogP contribution in [0.4, 0.5) is 0 Å². The second kappa shape index (κ2) is 2.39. The van der Waals surface area contributed by atoms with Crippen LogP contribution < -0.4 is 0 Å². The molecule has 2 heteroatoms. The second-order valence-corrected chi connectivity index (χ2v) is 3.24. The van der Waals surface area contributed by atoms with Gasteiger partial charge < -0.3 is 0 Å². The first-order valence-electron chi connectivity index (χ1n) is 4.31. The minimum absolute atomic E-state index is 1.02. The van der Waals surface area contributed by atoms with Gasteiger partial charge in [0.25, 0.3) is 0 Å². The minimum atomic E-state index is 1.02. The monoisotopic (exact) mass is 168 g/mol. The van der Waals surface area contributed by atoms with E-state index >= 15 is 0 Å². The van der Waals surface area contributed by atoms with Crippen LogP contribution in [-0.4, -0.2) is 9.97 Å². The molecule has 0 N–H and O–H groups in total. The van der Waals surface area contributed by atoms with Gasteiger partial charge >= 0.3 is 0 Å². The van der Waals surface area contributed by atoms with Crippen LogP contribution in [0.25, 0.3) is 11.1 Å². The van der Waals surface area contributed by atoms with Gasteiger partial charge in [-0.25, -0.2) is 0 Å². The average molecular weight is 168 g/mol. The number of fused-ring (bicyclic) bond motifs is 3. The molecule has 0 spiro atoms. The van der Waals surface area contributed by atoms with Crippen molar-refractivity contribution >= 4 is 0 Å². The summed E-state index contributed by atoms with van der Waals surface area (Å²) in [6, 6.07) is 4.16. The van der Waals surface area contributed by atoms with E-state index in [1.165, 1.54) is 22.3 Å². The van der Waals surface area contributed by atoms with Crippen molar-refractivity contribution in [3.63, 3.8) is 0 Å². The fourth-order valence-corrected chi connectivity index (χ4v) is 1.85. The smallest absolute Gasteiger partial charge is 0.0349 e. The van der Waals surface area contributed by atoms with Gasteiger partial charge in [0.15, 0.2) is 0 Å². The van der Waals surface area contributed by atoms with Crippen molar-refractivity contribution in [2.45, 2.75) is 6.42 Å². The highest BCUT2D eigenvalue weighted by molar-refractivity contribution is 5.74. The Morgan fingerprint density at radius 2 is 1.38 bits per heavy atom. The zero-order valence-electron chi connectivity index (χ0n) is 7.07. The van der Waals surface area contributed by atoms with E-state index < -0.39 is 0 Å². The summed E-state index contributed by atoms with van der Waals surface area (Å²) in [6.07, 6.45) is 8.55. The number of aromatic nitrogens is 2. The normalized spacial score (nSPS) is 12.3. The molecule has 1 aliphatic carbocycles. The lowest BCUT2D eigenvalue weighted by Crippen LogP contribution is -1.79. The molecule has 1 aliphatic rings. The predicted molar refractivity (Wildman–Crippen MR) is 50.3 cm³/mol. The molecule has 0 saturated carbocycles. The molecule has 0 radical (unpaired) electrons. The van der Waals surface area contributed by atoms with Gasteiger partial charge in [0, 0.05) is 35.9 Å². The Balaban J connectivity index is 2.32. The summed E-state index contributed by atoms with van der Waals surface area (Å²) in [5.74, 6) is 0. The maximum atomic E-state index is 4.13. The molecule has 0 atom stereocenters. The fraction of sp³-hybridized carbons (Fsp3) is 0.0909. The van der Waals surface area contributed by atoms with Gasteiger partial charge in [-0.3, -0.25) is 9.97 Å². The summed E-state index contributed by atoms with van der Waals surface area (Å²) in [5.41, 5.74) is 5.20. The van der Waals surface area contributed by atoms with Crippen LogP contribution in [0.15, 0.2) is 36.9 Å². The summed E-state index contributed by atoms with van der Waals surface area (Å²) in [5, 5.41) is 0. The van der Waals surface area contributed by atoms with Crippen molar-refractivity contribution < 1.29 is 0 Å². The summed E-state index contributed by atoms with van der Waals surface area (Å²) < 4.78 is 0. The molecule has 3 rings (SSSR count). The van der Waals surface area contributed by atoms with E-state index in [-0.39, 0.29) is 0 Å².